The molecule has 0 radical (unpaired) electrons. The molecule has 0 N–H and O–H groups in total. The quantitative estimate of drug-likeness (QED) is 0.748. The van der Waals surface area contributed by atoms with Gasteiger partial charge in [0, 0.05) is 31.4 Å². The van der Waals surface area contributed by atoms with Gasteiger partial charge in [0.05, 0.1) is 0 Å². The lowest BCUT2D eigenvalue weighted by atomic mass is 10.2. The summed E-state index contributed by atoms with van der Waals surface area (Å²) >= 11 is 0. The normalized spacial score (nSPS) is 15.9. The molecule has 98 valence electrons. The van der Waals surface area contributed by atoms with Crippen molar-refractivity contribution in [2.45, 2.75) is 12.8 Å². The van der Waals surface area contributed by atoms with E-state index in [1.54, 1.807) is 6.07 Å². The van der Waals surface area contributed by atoms with E-state index in [-0.39, 0.29) is 5.82 Å². The Labute approximate surface area is 107 Å². The Morgan fingerprint density at radius 2 is 2.06 bits per heavy atom. The predicted octanol–water partition coefficient (Wildman–Crippen LogP) is 2.17. The molecule has 1 aromatic rings. The summed E-state index contributed by atoms with van der Waals surface area (Å²) in [5.74, 6) is -0.359. The zero-order valence-electron chi connectivity index (χ0n) is 10.7. The molecule has 1 aliphatic heterocycles. The van der Waals surface area contributed by atoms with Gasteiger partial charge in [-0.25, -0.2) is 4.39 Å². The molecule has 0 aromatic heterocycles. The molecule has 1 heterocycles. The maximum Gasteiger partial charge on any atom is 0.150 e. The lowest BCUT2D eigenvalue weighted by molar-refractivity contribution is 0.112. The summed E-state index contributed by atoms with van der Waals surface area (Å²) in [7, 11) is 1.93. The van der Waals surface area contributed by atoms with E-state index in [0.717, 1.165) is 31.9 Å². The van der Waals surface area contributed by atoms with Gasteiger partial charge >= 0.3 is 0 Å². The first-order chi connectivity index (χ1) is 8.69. The number of hydrogen-bond acceptors (Lipinski definition) is 3. The third kappa shape index (κ3) is 3.29. The second-order valence-electron chi connectivity index (χ2n) is 4.83. The van der Waals surface area contributed by atoms with Crippen LogP contribution in [-0.4, -0.2) is 44.4 Å². The average Bonchev–Trinajstić information content (AvgIpc) is 2.88. The summed E-state index contributed by atoms with van der Waals surface area (Å²) in [5.41, 5.74) is 1.15. The summed E-state index contributed by atoms with van der Waals surface area (Å²) in [5, 5.41) is 0. The van der Waals surface area contributed by atoms with Gasteiger partial charge in [0.25, 0.3) is 0 Å². The first kappa shape index (κ1) is 13.0. The van der Waals surface area contributed by atoms with Crippen LogP contribution < -0.4 is 4.90 Å². The molecular weight excluding hydrogens is 231 g/mol. The zero-order valence-corrected chi connectivity index (χ0v) is 10.7. The maximum atomic E-state index is 13.3. The smallest absolute Gasteiger partial charge is 0.150 e. The molecule has 0 bridgehead atoms. The molecule has 1 aliphatic rings. The standard InChI is InChI=1S/C14H19FN2O/c1-16(6-7-17-4-2-3-5-17)14-9-12(11-18)8-13(15)10-14/h8-11H,2-7H2,1H3. The highest BCUT2D eigenvalue weighted by molar-refractivity contribution is 5.77. The van der Waals surface area contributed by atoms with Gasteiger partial charge in [-0.05, 0) is 44.1 Å². The van der Waals surface area contributed by atoms with E-state index in [2.05, 4.69) is 4.90 Å². The number of likely N-dealkylation sites (N-methyl/N-ethyl adjacent to an activating group) is 1. The molecule has 18 heavy (non-hydrogen) atoms. The molecule has 3 nitrogen and oxygen atoms in total. The molecular formula is C14H19FN2O. The highest BCUT2D eigenvalue weighted by atomic mass is 19.1. The number of likely N-dealkylation sites (tertiary alicyclic amines) is 1. The van der Waals surface area contributed by atoms with E-state index in [9.17, 15) is 9.18 Å². The Bertz CT molecular complexity index is 416. The first-order valence-corrected chi connectivity index (χ1v) is 6.38. The van der Waals surface area contributed by atoms with E-state index >= 15 is 0 Å². The molecule has 0 saturated carbocycles. The lowest BCUT2D eigenvalue weighted by Gasteiger charge is -2.23. The summed E-state index contributed by atoms with van der Waals surface area (Å²) in [6, 6.07) is 4.45. The molecule has 0 amide bonds. The molecule has 0 unspecified atom stereocenters. The SMILES string of the molecule is CN(CCN1CCCC1)c1cc(F)cc(C=O)c1. The molecule has 4 heteroatoms. The largest absolute Gasteiger partial charge is 0.373 e. The van der Waals surface area contributed by atoms with Crippen molar-refractivity contribution < 1.29 is 9.18 Å². The van der Waals surface area contributed by atoms with Crippen LogP contribution in [0.4, 0.5) is 10.1 Å². The number of carbonyl (C=O) groups is 1. The van der Waals surface area contributed by atoms with Crippen molar-refractivity contribution in [3.63, 3.8) is 0 Å². The maximum absolute atomic E-state index is 13.3. The van der Waals surface area contributed by atoms with Gasteiger partial charge in [-0.1, -0.05) is 0 Å². The van der Waals surface area contributed by atoms with E-state index in [4.69, 9.17) is 0 Å². The highest BCUT2D eigenvalue weighted by Gasteiger charge is 2.12. The van der Waals surface area contributed by atoms with Crippen molar-refractivity contribution in [1.29, 1.82) is 0 Å². The molecule has 2 rings (SSSR count). The van der Waals surface area contributed by atoms with Crippen LogP contribution in [-0.2, 0) is 0 Å². The van der Waals surface area contributed by atoms with Gasteiger partial charge in [-0.15, -0.1) is 0 Å². The molecule has 0 atom stereocenters. The third-order valence-corrected chi connectivity index (χ3v) is 3.43. The number of halogens is 1. The second-order valence-corrected chi connectivity index (χ2v) is 4.83. The fraction of sp³-hybridized carbons (Fsp3) is 0.500. The number of hydrogen-bond donors (Lipinski definition) is 0. The van der Waals surface area contributed by atoms with Crippen LogP contribution in [0.25, 0.3) is 0 Å². The van der Waals surface area contributed by atoms with Gasteiger partial charge < -0.3 is 9.80 Å². The Kier molecular flexibility index (Phi) is 4.31. The lowest BCUT2D eigenvalue weighted by Crippen LogP contribution is -2.31. The Hall–Kier alpha value is -1.42. The van der Waals surface area contributed by atoms with E-state index in [1.807, 2.05) is 11.9 Å². The number of nitrogens with zero attached hydrogens (tertiary/aromatic N) is 2. The second kappa shape index (κ2) is 5.96. The Morgan fingerprint density at radius 1 is 1.33 bits per heavy atom. The summed E-state index contributed by atoms with van der Waals surface area (Å²) in [4.78, 5) is 15.1. The zero-order chi connectivity index (χ0) is 13.0. The number of anilines is 1. The average molecular weight is 250 g/mol. The predicted molar refractivity (Wildman–Crippen MR) is 70.7 cm³/mol. The first-order valence-electron chi connectivity index (χ1n) is 6.38. The van der Waals surface area contributed by atoms with Crippen LogP contribution in [0.1, 0.15) is 23.2 Å². The van der Waals surface area contributed by atoms with Crippen LogP contribution in [0.15, 0.2) is 18.2 Å². The van der Waals surface area contributed by atoms with Crippen molar-refractivity contribution in [3.8, 4) is 0 Å². The van der Waals surface area contributed by atoms with Crippen LogP contribution in [0, 0.1) is 5.82 Å². The monoisotopic (exact) mass is 250 g/mol. The number of rotatable bonds is 5. The third-order valence-electron chi connectivity index (χ3n) is 3.43. The van der Waals surface area contributed by atoms with E-state index in [1.165, 1.54) is 25.0 Å². The van der Waals surface area contributed by atoms with Crippen LogP contribution in [0.3, 0.4) is 0 Å². The van der Waals surface area contributed by atoms with Crippen molar-refractivity contribution in [3.05, 3.63) is 29.6 Å². The molecule has 0 spiro atoms. The molecule has 0 aliphatic carbocycles. The minimum Gasteiger partial charge on any atom is -0.373 e. The fourth-order valence-corrected chi connectivity index (χ4v) is 2.31. The van der Waals surface area contributed by atoms with E-state index in [0.29, 0.717) is 11.8 Å². The molecule has 1 fully saturated rings. The van der Waals surface area contributed by atoms with Crippen LogP contribution in [0.5, 0.6) is 0 Å². The van der Waals surface area contributed by atoms with Crippen molar-refractivity contribution in [2.75, 3.05) is 38.1 Å². The van der Waals surface area contributed by atoms with Crippen molar-refractivity contribution >= 4 is 12.0 Å². The van der Waals surface area contributed by atoms with Crippen LogP contribution in [0.2, 0.25) is 0 Å². The molecule has 1 saturated heterocycles. The van der Waals surface area contributed by atoms with Crippen molar-refractivity contribution in [2.24, 2.45) is 0 Å². The number of benzene rings is 1. The minimum atomic E-state index is -0.359. The minimum absolute atomic E-state index is 0.359. The Balaban J connectivity index is 1.96. The van der Waals surface area contributed by atoms with Crippen molar-refractivity contribution in [1.82, 2.24) is 4.90 Å². The van der Waals surface area contributed by atoms with Gasteiger partial charge in [0.2, 0.25) is 0 Å². The number of carbonyl (C=O) groups excluding carboxylic acids is 1. The number of aldehydes is 1. The van der Waals surface area contributed by atoms with Crippen LogP contribution >= 0.6 is 0 Å². The Morgan fingerprint density at radius 3 is 2.72 bits per heavy atom. The summed E-state index contributed by atoms with van der Waals surface area (Å²) in [6.07, 6.45) is 3.23. The van der Waals surface area contributed by atoms with Gasteiger partial charge in [-0.2, -0.15) is 0 Å². The van der Waals surface area contributed by atoms with E-state index < -0.39 is 0 Å². The highest BCUT2D eigenvalue weighted by Crippen LogP contribution is 2.17. The topological polar surface area (TPSA) is 23.6 Å². The fourth-order valence-electron chi connectivity index (χ4n) is 2.31. The summed E-state index contributed by atoms with van der Waals surface area (Å²) < 4.78 is 13.3. The van der Waals surface area contributed by atoms with Gasteiger partial charge in [0.15, 0.2) is 0 Å². The summed E-state index contributed by atoms with van der Waals surface area (Å²) in [6.45, 7) is 4.17. The van der Waals surface area contributed by atoms with Gasteiger partial charge in [-0.3, -0.25) is 4.79 Å². The van der Waals surface area contributed by atoms with Gasteiger partial charge in [0.1, 0.15) is 12.1 Å². The molecule has 1 aromatic carbocycles.